The Hall–Kier alpha value is -2.41. The average molecular weight is 442 g/mol. The number of ether oxygens (including phenoxy) is 1. The zero-order valence-corrected chi connectivity index (χ0v) is 18.5. The normalized spacial score (nSPS) is 14.7. The lowest BCUT2D eigenvalue weighted by Crippen LogP contribution is -2.48. The first-order valence-corrected chi connectivity index (χ1v) is 11.2. The molecule has 1 amide bonds. The van der Waals surface area contributed by atoms with Crippen LogP contribution in [0.3, 0.4) is 0 Å². The highest BCUT2D eigenvalue weighted by molar-refractivity contribution is 7.09. The van der Waals surface area contributed by atoms with Crippen LogP contribution in [0.5, 0.6) is 5.75 Å². The van der Waals surface area contributed by atoms with Gasteiger partial charge in [-0.25, -0.2) is 4.98 Å². The zero-order valence-electron chi connectivity index (χ0n) is 16.9. The Morgan fingerprint density at radius 2 is 1.90 bits per heavy atom. The second-order valence-corrected chi connectivity index (χ2v) is 8.69. The molecule has 0 radical (unpaired) electrons. The van der Waals surface area contributed by atoms with Gasteiger partial charge in [0.2, 0.25) is 0 Å². The molecular formula is C23H24ClN3O2S. The van der Waals surface area contributed by atoms with Gasteiger partial charge < -0.3 is 9.64 Å². The summed E-state index contributed by atoms with van der Waals surface area (Å²) in [4.78, 5) is 21.7. The molecule has 3 aromatic rings. The van der Waals surface area contributed by atoms with E-state index >= 15 is 0 Å². The number of aromatic nitrogens is 1. The third kappa shape index (κ3) is 5.01. The van der Waals surface area contributed by atoms with Crippen LogP contribution in [0, 0.1) is 0 Å². The van der Waals surface area contributed by atoms with Crippen molar-refractivity contribution < 1.29 is 9.53 Å². The van der Waals surface area contributed by atoms with Crippen LogP contribution in [0.1, 0.15) is 26.6 Å². The molecule has 0 spiro atoms. The van der Waals surface area contributed by atoms with Gasteiger partial charge in [0.05, 0.1) is 12.1 Å². The van der Waals surface area contributed by atoms with Gasteiger partial charge in [-0.05, 0) is 23.8 Å². The standard InChI is InChI=1S/C23H24ClN3O2S/c1-29-21-8-7-19(24)14-18(21)15-26-9-11-27(12-10-26)23(28)20-16-30-22(25-20)13-17-5-3-2-4-6-17/h2-8,14,16H,9-13,15H2,1H3. The number of rotatable bonds is 6. The molecule has 1 aromatic heterocycles. The molecule has 0 bridgehead atoms. The summed E-state index contributed by atoms with van der Waals surface area (Å²) in [7, 11) is 1.67. The van der Waals surface area contributed by atoms with E-state index in [1.807, 2.05) is 46.7 Å². The van der Waals surface area contributed by atoms with Crippen LogP contribution in [0.15, 0.2) is 53.9 Å². The van der Waals surface area contributed by atoms with Crippen LogP contribution in [-0.4, -0.2) is 54.0 Å². The fourth-order valence-electron chi connectivity index (χ4n) is 3.64. The number of methoxy groups -OCH3 is 1. The Balaban J connectivity index is 1.33. The summed E-state index contributed by atoms with van der Waals surface area (Å²) >= 11 is 7.69. The fraction of sp³-hybridized carbons (Fsp3) is 0.304. The topological polar surface area (TPSA) is 45.7 Å². The largest absolute Gasteiger partial charge is 0.496 e. The number of piperazine rings is 1. The van der Waals surface area contributed by atoms with Crippen molar-refractivity contribution in [1.82, 2.24) is 14.8 Å². The summed E-state index contributed by atoms with van der Waals surface area (Å²) in [6.45, 7) is 3.75. The first-order valence-electron chi connectivity index (χ1n) is 9.95. The molecule has 0 N–H and O–H groups in total. The van der Waals surface area contributed by atoms with Gasteiger partial charge in [-0.15, -0.1) is 11.3 Å². The molecule has 1 aliphatic heterocycles. The van der Waals surface area contributed by atoms with Crippen LogP contribution in [0.4, 0.5) is 0 Å². The molecule has 156 valence electrons. The van der Waals surface area contributed by atoms with E-state index in [1.54, 1.807) is 18.4 Å². The van der Waals surface area contributed by atoms with E-state index in [9.17, 15) is 4.79 Å². The maximum Gasteiger partial charge on any atom is 0.273 e. The minimum absolute atomic E-state index is 0.0190. The molecule has 0 atom stereocenters. The van der Waals surface area contributed by atoms with Crippen molar-refractivity contribution in [2.24, 2.45) is 0 Å². The molecule has 7 heteroatoms. The van der Waals surface area contributed by atoms with Gasteiger partial charge in [0, 0.05) is 55.1 Å². The Morgan fingerprint density at radius 1 is 1.13 bits per heavy atom. The first-order chi connectivity index (χ1) is 14.6. The van der Waals surface area contributed by atoms with E-state index < -0.39 is 0 Å². The predicted molar refractivity (Wildman–Crippen MR) is 121 cm³/mol. The van der Waals surface area contributed by atoms with Gasteiger partial charge in [0.1, 0.15) is 11.4 Å². The summed E-state index contributed by atoms with van der Waals surface area (Å²) < 4.78 is 5.45. The lowest BCUT2D eigenvalue weighted by molar-refractivity contribution is 0.0622. The van der Waals surface area contributed by atoms with Crippen molar-refractivity contribution in [2.45, 2.75) is 13.0 Å². The minimum atomic E-state index is 0.0190. The van der Waals surface area contributed by atoms with Crippen LogP contribution in [-0.2, 0) is 13.0 Å². The van der Waals surface area contributed by atoms with Gasteiger partial charge in [-0.1, -0.05) is 41.9 Å². The number of nitrogens with zero attached hydrogens (tertiary/aromatic N) is 3. The monoisotopic (exact) mass is 441 g/mol. The van der Waals surface area contributed by atoms with Crippen molar-refractivity contribution in [3.05, 3.63) is 80.8 Å². The number of thiazole rings is 1. The van der Waals surface area contributed by atoms with Gasteiger partial charge in [-0.3, -0.25) is 9.69 Å². The summed E-state index contributed by atoms with van der Waals surface area (Å²) in [6, 6.07) is 15.9. The Morgan fingerprint density at radius 3 is 2.63 bits per heavy atom. The van der Waals surface area contributed by atoms with E-state index in [1.165, 1.54) is 5.56 Å². The van der Waals surface area contributed by atoms with E-state index in [-0.39, 0.29) is 5.91 Å². The third-order valence-corrected chi connectivity index (χ3v) is 6.35. The molecule has 2 heterocycles. The molecule has 4 rings (SSSR count). The van der Waals surface area contributed by atoms with E-state index in [0.29, 0.717) is 23.8 Å². The molecule has 1 aliphatic rings. The molecule has 5 nitrogen and oxygen atoms in total. The van der Waals surface area contributed by atoms with Crippen LogP contribution >= 0.6 is 22.9 Å². The maximum atomic E-state index is 12.9. The van der Waals surface area contributed by atoms with Gasteiger partial charge in [0.25, 0.3) is 5.91 Å². The second-order valence-electron chi connectivity index (χ2n) is 7.31. The lowest BCUT2D eigenvalue weighted by Gasteiger charge is -2.34. The molecule has 1 fully saturated rings. The SMILES string of the molecule is COc1ccc(Cl)cc1CN1CCN(C(=O)c2csc(Cc3ccccc3)n2)CC1. The van der Waals surface area contributed by atoms with Crippen LogP contribution < -0.4 is 4.74 Å². The highest BCUT2D eigenvalue weighted by Gasteiger charge is 2.24. The number of amides is 1. The number of carbonyl (C=O) groups excluding carboxylic acids is 1. The Labute approximate surface area is 185 Å². The first kappa shape index (κ1) is 20.8. The Kier molecular flexibility index (Phi) is 6.67. The third-order valence-electron chi connectivity index (χ3n) is 5.26. The summed E-state index contributed by atoms with van der Waals surface area (Å²) in [6.07, 6.45) is 0.758. The predicted octanol–water partition coefficient (Wildman–Crippen LogP) is 4.35. The molecule has 2 aromatic carbocycles. The van der Waals surface area contributed by atoms with E-state index in [4.69, 9.17) is 16.3 Å². The van der Waals surface area contributed by atoms with Gasteiger partial charge in [-0.2, -0.15) is 0 Å². The lowest BCUT2D eigenvalue weighted by atomic mass is 10.1. The Bertz CT molecular complexity index is 1000. The molecule has 0 aliphatic carbocycles. The zero-order chi connectivity index (χ0) is 20.9. The van der Waals surface area contributed by atoms with Crippen molar-refractivity contribution >= 4 is 28.8 Å². The van der Waals surface area contributed by atoms with Crippen LogP contribution in [0.2, 0.25) is 5.02 Å². The maximum absolute atomic E-state index is 12.9. The highest BCUT2D eigenvalue weighted by atomic mass is 35.5. The fourth-order valence-corrected chi connectivity index (χ4v) is 4.64. The number of halogens is 1. The summed E-state index contributed by atoms with van der Waals surface area (Å²) in [5.74, 6) is 0.858. The smallest absolute Gasteiger partial charge is 0.273 e. The molecule has 1 saturated heterocycles. The van der Waals surface area contributed by atoms with Crippen molar-refractivity contribution in [3.8, 4) is 5.75 Å². The number of hydrogen-bond donors (Lipinski definition) is 0. The number of hydrogen-bond acceptors (Lipinski definition) is 5. The van der Waals surface area contributed by atoms with E-state index in [2.05, 4.69) is 22.0 Å². The van der Waals surface area contributed by atoms with Crippen molar-refractivity contribution in [2.75, 3.05) is 33.3 Å². The molecule has 0 saturated carbocycles. The summed E-state index contributed by atoms with van der Waals surface area (Å²) in [5, 5.41) is 3.55. The number of carbonyl (C=O) groups is 1. The molecule has 30 heavy (non-hydrogen) atoms. The van der Waals surface area contributed by atoms with Crippen molar-refractivity contribution in [1.29, 1.82) is 0 Å². The van der Waals surface area contributed by atoms with Gasteiger partial charge in [0.15, 0.2) is 0 Å². The van der Waals surface area contributed by atoms with Crippen LogP contribution in [0.25, 0.3) is 0 Å². The van der Waals surface area contributed by atoms with Gasteiger partial charge >= 0.3 is 0 Å². The highest BCUT2D eigenvalue weighted by Crippen LogP contribution is 2.25. The second kappa shape index (κ2) is 9.60. The molecule has 0 unspecified atom stereocenters. The average Bonchev–Trinajstić information content (AvgIpc) is 3.23. The summed E-state index contributed by atoms with van der Waals surface area (Å²) in [5.41, 5.74) is 2.82. The molecular weight excluding hydrogens is 418 g/mol. The quantitative estimate of drug-likeness (QED) is 0.570. The minimum Gasteiger partial charge on any atom is -0.496 e. The number of benzene rings is 2. The van der Waals surface area contributed by atoms with E-state index in [0.717, 1.165) is 42.4 Å². The van der Waals surface area contributed by atoms with Crippen molar-refractivity contribution in [3.63, 3.8) is 0 Å².